The molecule has 4 aliphatic carbocycles. The first-order valence-electron chi connectivity index (χ1n) is 28.3. The van der Waals surface area contributed by atoms with E-state index in [1.165, 1.54) is 14.0 Å². The maximum atomic E-state index is 14.7. The first-order chi connectivity index (χ1) is 38.8. The van der Waals surface area contributed by atoms with Gasteiger partial charge in [-0.05, 0) is 88.0 Å². The SMILES string of the molecule is CO[C@@H]1[C@@H](O)[C@H](O[C@@H]2[C@@H](O)[C@H](O[C@H]3[C@H](O)[C@@H](O)[C@H](O[C@H]4[C@H](O[C@H]5CC[C@]6(C)[C@H]7CC[C@]89C(=O)O[C@@](C)(/C=C/C=C(C)C)[C@@]8(O)[C@@H](OC(C)=O)C[C@@]9(C)C7=CC[C@H]6C5(C)C)OC[C@@H](OS(=O)(=O)[O-])[C@@H]4O)O[C@@H]3CO)OC[C@H]2O)O[C@H](CO)[C@H]1O.[Na+]. The fourth-order valence-electron chi connectivity index (χ4n) is 15.9. The predicted octanol–water partition coefficient (Wildman–Crippen LogP) is -4.86. The second kappa shape index (κ2) is 25.2. The Balaban J connectivity index is 0.00000920. The van der Waals surface area contributed by atoms with E-state index < -0.39 is 204 Å². The number of ether oxygens (including phenoxy) is 11. The van der Waals surface area contributed by atoms with E-state index in [4.69, 9.17) is 52.1 Å². The van der Waals surface area contributed by atoms with Gasteiger partial charge in [0.2, 0.25) is 10.4 Å². The minimum atomic E-state index is -5.47. The molecule has 84 heavy (non-hydrogen) atoms. The van der Waals surface area contributed by atoms with E-state index in [0.29, 0.717) is 25.7 Å². The molecule has 27 nitrogen and oxygen atoms in total. The maximum Gasteiger partial charge on any atom is 1.00 e. The number of fused-ring (bicyclic) bond motifs is 4. The van der Waals surface area contributed by atoms with Gasteiger partial charge in [0, 0.05) is 19.4 Å². The molecule has 472 valence electrons. The number of methoxy groups -OCH3 is 1. The van der Waals surface area contributed by atoms with E-state index in [0.717, 1.165) is 11.1 Å². The molecule has 9 aliphatic rings. The van der Waals surface area contributed by atoms with Crippen LogP contribution >= 0.6 is 0 Å². The smallest absolute Gasteiger partial charge is 0.726 e. The van der Waals surface area contributed by atoms with E-state index in [1.54, 1.807) is 19.1 Å². The van der Waals surface area contributed by atoms with Crippen molar-refractivity contribution in [1.82, 2.24) is 0 Å². The first kappa shape index (κ1) is 68.2. The average Bonchev–Trinajstić information content (AvgIpc) is 1.48. The summed E-state index contributed by atoms with van der Waals surface area (Å²) in [6, 6.07) is 0. The number of carbonyl (C=O) groups is 2. The van der Waals surface area contributed by atoms with Crippen LogP contribution in [0.3, 0.4) is 0 Å². The van der Waals surface area contributed by atoms with Crippen LogP contribution in [0.1, 0.15) is 93.9 Å². The molecule has 1 spiro atoms. The van der Waals surface area contributed by atoms with Crippen molar-refractivity contribution >= 4 is 22.3 Å². The van der Waals surface area contributed by atoms with Gasteiger partial charge in [-0.25, -0.2) is 8.42 Å². The number of rotatable bonds is 16. The van der Waals surface area contributed by atoms with Crippen LogP contribution < -0.4 is 29.6 Å². The van der Waals surface area contributed by atoms with Crippen LogP contribution in [0.4, 0.5) is 0 Å². The zero-order chi connectivity index (χ0) is 60.9. The summed E-state index contributed by atoms with van der Waals surface area (Å²) in [6.07, 6.45) is -23.5. The second-order valence-corrected chi connectivity index (χ2v) is 26.4. The number of carbonyl (C=O) groups excluding carboxylic acids is 2. The number of cyclic esters (lactones) is 1. The van der Waals surface area contributed by atoms with Crippen LogP contribution in [0.15, 0.2) is 35.5 Å². The molecule has 0 amide bonds. The molecule has 5 aliphatic heterocycles. The third-order valence-corrected chi connectivity index (χ3v) is 20.5. The van der Waals surface area contributed by atoms with Gasteiger partial charge >= 0.3 is 41.5 Å². The summed E-state index contributed by atoms with van der Waals surface area (Å²) in [4.78, 5) is 27.5. The van der Waals surface area contributed by atoms with Gasteiger partial charge in [0.25, 0.3) is 0 Å². The Morgan fingerprint density at radius 2 is 1.37 bits per heavy atom. The molecule has 0 unspecified atom stereocenters. The molecule has 5 saturated heterocycles. The summed E-state index contributed by atoms with van der Waals surface area (Å²) in [7, 11) is -4.28. The molecule has 0 aromatic carbocycles. The zero-order valence-corrected chi connectivity index (χ0v) is 51.7. The molecule has 0 aromatic heterocycles. The minimum Gasteiger partial charge on any atom is -0.726 e. The van der Waals surface area contributed by atoms with Crippen molar-refractivity contribution < 1.29 is 159 Å². The molecule has 27 atom stereocenters. The topological polar surface area (TPSA) is 404 Å². The van der Waals surface area contributed by atoms with Crippen LogP contribution in [-0.2, 0) is 76.3 Å². The molecule has 3 saturated carbocycles. The van der Waals surface area contributed by atoms with E-state index in [9.17, 15) is 73.6 Å². The summed E-state index contributed by atoms with van der Waals surface area (Å²) >= 11 is 0. The zero-order valence-electron chi connectivity index (χ0n) is 48.9. The van der Waals surface area contributed by atoms with Gasteiger partial charge in [-0.2, -0.15) is 0 Å². The molecule has 29 heteroatoms. The molecular weight excluding hydrogens is 1150 g/mol. The van der Waals surface area contributed by atoms with Crippen molar-refractivity contribution in [3.63, 3.8) is 0 Å². The van der Waals surface area contributed by atoms with Crippen molar-refractivity contribution in [2.45, 2.75) is 228 Å². The van der Waals surface area contributed by atoms with E-state index in [-0.39, 0.29) is 54.2 Å². The van der Waals surface area contributed by atoms with Crippen molar-refractivity contribution in [3.05, 3.63) is 35.5 Å². The standard InChI is InChI=1S/C55H84O27S.Na/c1-24(2)11-10-16-53(8)55(67)34(74-25(3)58)19-52(7)27-12-13-32-50(4,5)33(15-17-51(32,6)26(27)14-18-54(52,55)49(66)81-53)77-48-44(36(61)31(23-73-48)82-83(68,69)70)80-46-38(63)37(62)42(30(21-57)76-46)79-45-39(64)41(28(59)22-72-45)78-47-40(65)43(71-9)35(60)29(20-56)75-47;/h10-12,16,26,28-48,56-57,59-65,67H,13-15,17-23H2,1-9H3,(H,68,69,70);/q;+1/p-1/b16-10+;/t26-,28+,29+,30+,31+,32-,33-,34-,35+,36-,37+,38+,39+,40+,41-,42+,43-,44+,45-,46-,47-,48-,51+,52-,53-,54+,55-;/m0./s1. The van der Waals surface area contributed by atoms with Crippen molar-refractivity contribution in [3.8, 4) is 0 Å². The number of hydrogen-bond acceptors (Lipinski definition) is 27. The number of allylic oxidation sites excluding steroid dienone is 5. The average molecular weight is 1230 g/mol. The van der Waals surface area contributed by atoms with Gasteiger partial charge in [0.05, 0.1) is 32.5 Å². The van der Waals surface area contributed by atoms with Crippen molar-refractivity contribution in [2.75, 3.05) is 33.5 Å². The van der Waals surface area contributed by atoms with Crippen LogP contribution in [0.2, 0.25) is 0 Å². The summed E-state index contributed by atoms with van der Waals surface area (Å²) in [5.74, 6) is -1.43. The van der Waals surface area contributed by atoms with E-state index in [1.807, 2.05) is 40.7 Å². The Kier molecular flexibility index (Phi) is 20.4. The van der Waals surface area contributed by atoms with Gasteiger partial charge in [-0.3, -0.25) is 13.8 Å². The normalized spacial score (nSPS) is 49.0. The number of aliphatic hydroxyl groups excluding tert-OH is 9. The fourth-order valence-corrected chi connectivity index (χ4v) is 16.4. The Hall–Kier alpha value is -1.73. The van der Waals surface area contributed by atoms with Crippen LogP contribution in [0.5, 0.6) is 0 Å². The van der Waals surface area contributed by atoms with Crippen molar-refractivity contribution in [2.24, 2.45) is 33.5 Å². The van der Waals surface area contributed by atoms with Crippen LogP contribution in [-0.4, -0.2) is 244 Å². The van der Waals surface area contributed by atoms with Gasteiger partial charge < -0.3 is 108 Å². The molecule has 10 N–H and O–H groups in total. The van der Waals surface area contributed by atoms with E-state index in [2.05, 4.69) is 17.2 Å². The minimum absolute atomic E-state index is 0. The second-order valence-electron chi connectivity index (χ2n) is 25.3. The summed E-state index contributed by atoms with van der Waals surface area (Å²) in [6.45, 7) is 12.0. The fraction of sp³-hybridized carbons (Fsp3) is 0.855. The molecule has 8 fully saturated rings. The number of esters is 2. The van der Waals surface area contributed by atoms with Crippen molar-refractivity contribution in [1.29, 1.82) is 0 Å². The quantitative estimate of drug-likeness (QED) is 0.0173. The predicted molar refractivity (Wildman–Crippen MR) is 277 cm³/mol. The summed E-state index contributed by atoms with van der Waals surface area (Å²) in [5, 5.41) is 112. The molecule has 5 heterocycles. The molecule has 0 bridgehead atoms. The molecule has 0 aromatic rings. The first-order valence-corrected chi connectivity index (χ1v) is 29.6. The monoisotopic (exact) mass is 1230 g/mol. The van der Waals surface area contributed by atoms with Gasteiger partial charge in [0.15, 0.2) is 36.4 Å². The van der Waals surface area contributed by atoms with Crippen LogP contribution in [0.25, 0.3) is 0 Å². The number of aliphatic hydroxyl groups is 10. The molecule has 9 rings (SSSR count). The van der Waals surface area contributed by atoms with Gasteiger partial charge in [0.1, 0.15) is 97.0 Å². The Bertz CT molecular complexity index is 2590. The summed E-state index contributed by atoms with van der Waals surface area (Å²) < 4.78 is 105. The Labute approximate surface area is 509 Å². The Morgan fingerprint density at radius 1 is 0.750 bits per heavy atom. The third-order valence-electron chi connectivity index (χ3n) is 20.0. The molecular formula is C55H83NaO27S. The maximum absolute atomic E-state index is 14.7. The van der Waals surface area contributed by atoms with E-state index >= 15 is 0 Å². The van der Waals surface area contributed by atoms with Crippen LogP contribution in [0, 0.1) is 33.5 Å². The third kappa shape index (κ3) is 11.4. The largest absolute Gasteiger partial charge is 1.00 e. The van der Waals surface area contributed by atoms with Gasteiger partial charge in [-0.15, -0.1) is 0 Å². The Morgan fingerprint density at radius 3 is 2.00 bits per heavy atom. The molecule has 0 radical (unpaired) electrons. The number of hydrogen-bond donors (Lipinski definition) is 10. The summed E-state index contributed by atoms with van der Waals surface area (Å²) in [5.41, 5.74) is -5.23. The van der Waals surface area contributed by atoms with Gasteiger partial charge in [-0.1, -0.05) is 57.1 Å².